The van der Waals surface area contributed by atoms with Gasteiger partial charge in [0.25, 0.3) is 0 Å². The van der Waals surface area contributed by atoms with Gasteiger partial charge in [-0.2, -0.15) is 5.10 Å². The van der Waals surface area contributed by atoms with Crippen molar-refractivity contribution in [1.82, 2.24) is 9.78 Å². The SMILES string of the molecule is COC(=O)c1nn(-c2cccc(C)c2)c(C(C)C)c1I. The molecule has 0 saturated heterocycles. The fourth-order valence-electron chi connectivity index (χ4n) is 2.09. The van der Waals surface area contributed by atoms with Crippen LogP contribution in [0.25, 0.3) is 5.69 Å². The second kappa shape index (κ2) is 5.95. The van der Waals surface area contributed by atoms with E-state index < -0.39 is 5.97 Å². The number of hydrogen-bond acceptors (Lipinski definition) is 3. The first-order chi connectivity index (χ1) is 9.45. The number of methoxy groups -OCH3 is 1. The lowest BCUT2D eigenvalue weighted by atomic mass is 10.1. The lowest BCUT2D eigenvalue weighted by molar-refractivity contribution is 0.0592. The van der Waals surface area contributed by atoms with Crippen LogP contribution in [0.5, 0.6) is 0 Å². The largest absolute Gasteiger partial charge is 0.464 e. The van der Waals surface area contributed by atoms with Gasteiger partial charge in [0.1, 0.15) is 0 Å². The lowest BCUT2D eigenvalue weighted by Gasteiger charge is -2.11. The summed E-state index contributed by atoms with van der Waals surface area (Å²) in [6, 6.07) is 8.06. The minimum atomic E-state index is -0.400. The first kappa shape index (κ1) is 15.0. The Bertz CT molecular complexity index is 647. The van der Waals surface area contributed by atoms with E-state index in [1.165, 1.54) is 7.11 Å². The molecule has 2 aromatic rings. The fourth-order valence-corrected chi connectivity index (χ4v) is 3.27. The summed E-state index contributed by atoms with van der Waals surface area (Å²) in [6.45, 7) is 6.22. The minimum Gasteiger partial charge on any atom is -0.464 e. The molecule has 0 atom stereocenters. The molecular weight excluding hydrogens is 367 g/mol. The molecule has 0 spiro atoms. The topological polar surface area (TPSA) is 44.1 Å². The third kappa shape index (κ3) is 2.72. The highest BCUT2D eigenvalue weighted by atomic mass is 127. The van der Waals surface area contributed by atoms with Crippen LogP contribution in [-0.4, -0.2) is 22.9 Å². The predicted octanol–water partition coefficient (Wildman–Crippen LogP) is 3.70. The number of hydrogen-bond donors (Lipinski definition) is 0. The number of benzene rings is 1. The Kier molecular flexibility index (Phi) is 4.47. The van der Waals surface area contributed by atoms with E-state index in [2.05, 4.69) is 47.6 Å². The molecule has 0 fully saturated rings. The molecule has 0 saturated carbocycles. The zero-order valence-electron chi connectivity index (χ0n) is 12.0. The molecule has 0 unspecified atom stereocenters. The quantitative estimate of drug-likeness (QED) is 0.599. The number of ether oxygens (including phenoxy) is 1. The van der Waals surface area contributed by atoms with Crippen molar-refractivity contribution >= 4 is 28.6 Å². The van der Waals surface area contributed by atoms with Gasteiger partial charge in [-0.05, 0) is 53.1 Å². The van der Waals surface area contributed by atoms with Crippen LogP contribution in [0.15, 0.2) is 24.3 Å². The van der Waals surface area contributed by atoms with Crippen molar-refractivity contribution in [2.75, 3.05) is 7.11 Å². The number of rotatable bonds is 3. The van der Waals surface area contributed by atoms with Gasteiger partial charge in [0.2, 0.25) is 0 Å². The van der Waals surface area contributed by atoms with Gasteiger partial charge in [0, 0.05) is 0 Å². The van der Waals surface area contributed by atoms with E-state index in [4.69, 9.17) is 4.74 Å². The monoisotopic (exact) mass is 384 g/mol. The molecule has 0 amide bonds. The Morgan fingerprint density at radius 3 is 2.65 bits per heavy atom. The molecule has 0 aliphatic carbocycles. The Morgan fingerprint density at radius 1 is 1.40 bits per heavy atom. The molecule has 2 rings (SSSR count). The van der Waals surface area contributed by atoms with Crippen molar-refractivity contribution in [1.29, 1.82) is 0 Å². The molecule has 0 aliphatic rings. The van der Waals surface area contributed by atoms with Crippen LogP contribution < -0.4 is 0 Å². The highest BCUT2D eigenvalue weighted by Crippen LogP contribution is 2.27. The summed E-state index contributed by atoms with van der Waals surface area (Å²) >= 11 is 2.17. The van der Waals surface area contributed by atoms with Gasteiger partial charge in [0.05, 0.1) is 22.1 Å². The van der Waals surface area contributed by atoms with Gasteiger partial charge < -0.3 is 4.74 Å². The number of carbonyl (C=O) groups is 1. The van der Waals surface area contributed by atoms with Crippen molar-refractivity contribution in [2.45, 2.75) is 26.7 Å². The van der Waals surface area contributed by atoms with Gasteiger partial charge in [0.15, 0.2) is 5.69 Å². The number of aromatic nitrogens is 2. The summed E-state index contributed by atoms with van der Waals surface area (Å²) in [5.41, 5.74) is 3.51. The summed E-state index contributed by atoms with van der Waals surface area (Å²) in [5, 5.41) is 4.45. The van der Waals surface area contributed by atoms with Crippen LogP contribution in [0, 0.1) is 10.5 Å². The normalized spacial score (nSPS) is 10.9. The highest BCUT2D eigenvalue weighted by molar-refractivity contribution is 14.1. The van der Waals surface area contributed by atoms with Crippen LogP contribution in [-0.2, 0) is 4.74 Å². The number of nitrogens with zero attached hydrogens (tertiary/aromatic N) is 2. The number of aryl methyl sites for hydroxylation is 1. The molecule has 1 aromatic heterocycles. The molecule has 0 radical (unpaired) electrons. The molecule has 106 valence electrons. The summed E-state index contributed by atoms with van der Waals surface area (Å²) in [6.07, 6.45) is 0. The molecule has 1 heterocycles. The molecular formula is C15H17IN2O2. The van der Waals surface area contributed by atoms with Crippen molar-refractivity contribution in [3.05, 3.63) is 44.8 Å². The molecule has 5 heteroatoms. The lowest BCUT2D eigenvalue weighted by Crippen LogP contribution is -2.06. The van der Waals surface area contributed by atoms with Crippen LogP contribution >= 0.6 is 22.6 Å². The Morgan fingerprint density at radius 2 is 2.10 bits per heavy atom. The Labute approximate surface area is 132 Å². The van der Waals surface area contributed by atoms with Crippen LogP contribution in [0.4, 0.5) is 0 Å². The number of carbonyl (C=O) groups excluding carboxylic acids is 1. The maximum atomic E-state index is 11.8. The third-order valence-electron chi connectivity index (χ3n) is 3.03. The molecule has 1 aromatic carbocycles. The van der Waals surface area contributed by atoms with Gasteiger partial charge in [-0.1, -0.05) is 26.0 Å². The average Bonchev–Trinajstić information content (AvgIpc) is 2.75. The van der Waals surface area contributed by atoms with E-state index in [1.54, 1.807) is 0 Å². The van der Waals surface area contributed by atoms with Crippen molar-refractivity contribution in [2.24, 2.45) is 0 Å². The molecule has 0 N–H and O–H groups in total. The molecule has 0 aliphatic heterocycles. The summed E-state index contributed by atoms with van der Waals surface area (Å²) < 4.78 is 7.50. The molecule has 0 bridgehead atoms. The van der Waals surface area contributed by atoms with Crippen molar-refractivity contribution in [3.63, 3.8) is 0 Å². The number of esters is 1. The Balaban J connectivity index is 2.66. The van der Waals surface area contributed by atoms with E-state index in [0.717, 1.165) is 20.5 Å². The first-order valence-corrected chi connectivity index (χ1v) is 7.47. The number of halogens is 1. The van der Waals surface area contributed by atoms with Gasteiger partial charge in [-0.25, -0.2) is 9.48 Å². The first-order valence-electron chi connectivity index (χ1n) is 6.39. The van der Waals surface area contributed by atoms with E-state index >= 15 is 0 Å². The van der Waals surface area contributed by atoms with Crippen LogP contribution in [0.1, 0.15) is 41.5 Å². The predicted molar refractivity (Wildman–Crippen MR) is 86.4 cm³/mol. The molecule has 20 heavy (non-hydrogen) atoms. The van der Waals surface area contributed by atoms with Gasteiger partial charge >= 0.3 is 5.97 Å². The van der Waals surface area contributed by atoms with E-state index in [-0.39, 0.29) is 5.92 Å². The third-order valence-corrected chi connectivity index (χ3v) is 4.10. The maximum absolute atomic E-state index is 11.8. The Hall–Kier alpha value is -1.37. The zero-order valence-corrected chi connectivity index (χ0v) is 14.1. The van der Waals surface area contributed by atoms with Crippen molar-refractivity contribution in [3.8, 4) is 5.69 Å². The second-order valence-corrected chi connectivity index (χ2v) is 6.02. The minimum absolute atomic E-state index is 0.258. The van der Waals surface area contributed by atoms with Crippen LogP contribution in [0.2, 0.25) is 0 Å². The van der Waals surface area contributed by atoms with Gasteiger partial charge in [-0.3, -0.25) is 0 Å². The van der Waals surface area contributed by atoms with Crippen molar-refractivity contribution < 1.29 is 9.53 Å². The average molecular weight is 384 g/mol. The van der Waals surface area contributed by atoms with Crippen LogP contribution in [0.3, 0.4) is 0 Å². The second-order valence-electron chi connectivity index (χ2n) is 4.94. The fraction of sp³-hybridized carbons (Fsp3) is 0.333. The standard InChI is InChI=1S/C15H17IN2O2/c1-9(2)14-12(16)13(15(19)20-4)17-18(14)11-7-5-6-10(3)8-11/h5-9H,1-4H3. The van der Waals surface area contributed by atoms with Gasteiger partial charge in [-0.15, -0.1) is 0 Å². The maximum Gasteiger partial charge on any atom is 0.359 e. The zero-order chi connectivity index (χ0) is 14.9. The van der Waals surface area contributed by atoms with E-state index in [9.17, 15) is 4.79 Å². The summed E-state index contributed by atoms with van der Waals surface area (Å²) in [5.74, 6) is -0.143. The smallest absolute Gasteiger partial charge is 0.359 e. The summed E-state index contributed by atoms with van der Waals surface area (Å²) in [7, 11) is 1.37. The van der Waals surface area contributed by atoms with E-state index in [1.807, 2.05) is 29.8 Å². The molecule has 4 nitrogen and oxygen atoms in total. The highest BCUT2D eigenvalue weighted by Gasteiger charge is 2.24. The van der Waals surface area contributed by atoms with E-state index in [0.29, 0.717) is 5.69 Å². The summed E-state index contributed by atoms with van der Waals surface area (Å²) in [4.78, 5) is 11.8.